The van der Waals surface area contributed by atoms with Gasteiger partial charge in [-0.25, -0.2) is 0 Å². The fraction of sp³-hybridized carbons (Fsp3) is 0.750. The van der Waals surface area contributed by atoms with E-state index in [4.69, 9.17) is 0 Å². The molecule has 9 heavy (non-hydrogen) atoms. The summed E-state index contributed by atoms with van der Waals surface area (Å²) in [6.07, 6.45) is 2.64. The van der Waals surface area contributed by atoms with E-state index < -0.39 is 8.07 Å². The van der Waals surface area contributed by atoms with Gasteiger partial charge >= 0.3 is 0 Å². The molecule has 1 heterocycles. The van der Waals surface area contributed by atoms with Crippen LogP contribution in [0, 0.1) is 0 Å². The normalized spacial score (nSPS) is 26.2. The van der Waals surface area contributed by atoms with Crippen LogP contribution in [0.5, 0.6) is 0 Å². The maximum Gasteiger partial charge on any atom is 0.0480 e. The van der Waals surface area contributed by atoms with E-state index in [9.17, 15) is 0 Å². The highest BCUT2D eigenvalue weighted by Gasteiger charge is 2.24. The largest absolute Gasteiger partial charge is 0.0999 e. The maximum atomic E-state index is 4.00. The summed E-state index contributed by atoms with van der Waals surface area (Å²) in [5, 5.41) is 0. The summed E-state index contributed by atoms with van der Waals surface area (Å²) in [4.78, 5) is 0. The van der Waals surface area contributed by atoms with Crippen LogP contribution in [0.1, 0.15) is 12.8 Å². The van der Waals surface area contributed by atoms with E-state index in [-0.39, 0.29) is 0 Å². The lowest BCUT2D eigenvalue weighted by molar-refractivity contribution is 0.893. The van der Waals surface area contributed by atoms with Gasteiger partial charge in [0.15, 0.2) is 0 Å². The molecule has 1 saturated heterocycles. The molecule has 0 spiro atoms. The van der Waals surface area contributed by atoms with Gasteiger partial charge in [-0.15, -0.1) is 0 Å². The van der Waals surface area contributed by atoms with E-state index in [1.54, 1.807) is 0 Å². The molecule has 0 nitrogen and oxygen atoms in total. The van der Waals surface area contributed by atoms with Crippen molar-refractivity contribution < 1.29 is 0 Å². The van der Waals surface area contributed by atoms with Crippen LogP contribution >= 0.6 is 0 Å². The Hall–Kier alpha value is -0.0431. The van der Waals surface area contributed by atoms with Crippen molar-refractivity contribution >= 4 is 8.07 Å². The summed E-state index contributed by atoms with van der Waals surface area (Å²) in [5.74, 6) is 0. The Morgan fingerprint density at radius 2 is 1.67 bits per heavy atom. The van der Waals surface area contributed by atoms with Crippen molar-refractivity contribution in [3.05, 3.63) is 12.2 Å². The third-order valence-corrected chi connectivity index (χ3v) is 5.52. The Kier molecular flexibility index (Phi) is 1.80. The summed E-state index contributed by atoms with van der Waals surface area (Å²) < 4.78 is 0. The van der Waals surface area contributed by atoms with E-state index >= 15 is 0 Å². The summed E-state index contributed by atoms with van der Waals surface area (Å²) in [7, 11) is -0.693. The van der Waals surface area contributed by atoms with Crippen molar-refractivity contribution in [3.63, 3.8) is 0 Å². The van der Waals surface area contributed by atoms with Crippen LogP contribution in [0.25, 0.3) is 0 Å². The van der Waals surface area contributed by atoms with Crippen molar-refractivity contribution in [2.45, 2.75) is 38.0 Å². The molecule has 0 atom stereocenters. The first-order valence-electron chi connectivity index (χ1n) is 3.77. The van der Waals surface area contributed by atoms with Crippen molar-refractivity contribution in [1.82, 2.24) is 0 Å². The highest BCUT2D eigenvalue weighted by Crippen LogP contribution is 2.30. The first-order chi connectivity index (χ1) is 4.10. The summed E-state index contributed by atoms with van der Waals surface area (Å²) in [6.45, 7) is 8.97. The van der Waals surface area contributed by atoms with Crippen molar-refractivity contribution in [1.29, 1.82) is 0 Å². The number of hydrogen-bond donors (Lipinski definition) is 0. The molecule has 0 unspecified atom stereocenters. The molecule has 1 rings (SSSR count). The van der Waals surface area contributed by atoms with Crippen LogP contribution < -0.4 is 0 Å². The fourth-order valence-electron chi connectivity index (χ4n) is 1.28. The monoisotopic (exact) mass is 140 g/mol. The molecule has 0 amide bonds. The zero-order valence-electron chi connectivity index (χ0n) is 6.54. The average Bonchev–Trinajstić information content (AvgIpc) is 1.78. The lowest BCUT2D eigenvalue weighted by atomic mass is 10.2. The second kappa shape index (κ2) is 2.29. The zero-order valence-corrected chi connectivity index (χ0v) is 7.54. The first kappa shape index (κ1) is 7.07. The maximum absolute atomic E-state index is 4.00. The highest BCUT2D eigenvalue weighted by molar-refractivity contribution is 6.77. The molecule has 0 aromatic rings. The number of allylic oxidation sites excluding steroid dienone is 1. The van der Waals surface area contributed by atoms with Crippen molar-refractivity contribution in [2.24, 2.45) is 0 Å². The Labute approximate surface area is 59.0 Å². The summed E-state index contributed by atoms with van der Waals surface area (Å²) in [6, 6.07) is 2.96. The molecule has 0 aromatic heterocycles. The quantitative estimate of drug-likeness (QED) is 0.358. The molecule has 0 aromatic carbocycles. The average molecular weight is 140 g/mol. The molecule has 1 aliphatic heterocycles. The highest BCUT2D eigenvalue weighted by atomic mass is 28.3. The first-order valence-corrected chi connectivity index (χ1v) is 7.18. The minimum absolute atomic E-state index is 0.693. The second-order valence-electron chi connectivity index (χ2n) is 3.91. The minimum atomic E-state index is -0.693. The standard InChI is InChI=1S/C8H16Si/c1-8-4-6-9(2,3)7-5-8/h1,4-7H2,2-3H3. The zero-order chi connectivity index (χ0) is 6.91. The Bertz CT molecular complexity index is 113. The fourth-order valence-corrected chi connectivity index (χ4v) is 3.59. The van der Waals surface area contributed by atoms with Gasteiger partial charge in [-0.1, -0.05) is 37.3 Å². The van der Waals surface area contributed by atoms with Crippen molar-refractivity contribution in [2.75, 3.05) is 0 Å². The third-order valence-electron chi connectivity index (χ3n) is 2.31. The van der Waals surface area contributed by atoms with Crippen LogP contribution in [0.15, 0.2) is 12.2 Å². The molecule has 0 bridgehead atoms. The summed E-state index contributed by atoms with van der Waals surface area (Å²) in [5.41, 5.74) is 1.49. The Morgan fingerprint density at radius 1 is 1.22 bits per heavy atom. The third kappa shape index (κ3) is 1.97. The van der Waals surface area contributed by atoms with E-state index in [1.807, 2.05) is 0 Å². The number of rotatable bonds is 0. The van der Waals surface area contributed by atoms with Crippen LogP contribution in [0.4, 0.5) is 0 Å². The van der Waals surface area contributed by atoms with Crippen LogP contribution in [-0.4, -0.2) is 8.07 Å². The van der Waals surface area contributed by atoms with Crippen LogP contribution in [0.3, 0.4) is 0 Å². The van der Waals surface area contributed by atoms with E-state index in [0.717, 1.165) is 0 Å². The molecule has 1 fully saturated rings. The van der Waals surface area contributed by atoms with Gasteiger partial charge in [0.2, 0.25) is 0 Å². The SMILES string of the molecule is C=C1CC[Si](C)(C)CC1. The Balaban J connectivity index is 2.44. The lowest BCUT2D eigenvalue weighted by Crippen LogP contribution is -2.27. The van der Waals surface area contributed by atoms with Gasteiger partial charge in [-0.3, -0.25) is 0 Å². The van der Waals surface area contributed by atoms with Crippen molar-refractivity contribution in [3.8, 4) is 0 Å². The van der Waals surface area contributed by atoms with Gasteiger partial charge in [0.25, 0.3) is 0 Å². The van der Waals surface area contributed by atoms with Gasteiger partial charge in [-0.05, 0) is 12.8 Å². The van der Waals surface area contributed by atoms with E-state index in [0.29, 0.717) is 0 Å². The molecule has 0 aliphatic carbocycles. The lowest BCUT2D eigenvalue weighted by Gasteiger charge is -2.28. The van der Waals surface area contributed by atoms with Crippen LogP contribution in [-0.2, 0) is 0 Å². The second-order valence-corrected chi connectivity index (χ2v) is 9.24. The van der Waals surface area contributed by atoms with Gasteiger partial charge in [-0.2, -0.15) is 0 Å². The molecule has 1 aliphatic rings. The molecular weight excluding hydrogens is 124 g/mol. The predicted octanol–water partition coefficient (Wildman–Crippen LogP) is 3.04. The summed E-state index contributed by atoms with van der Waals surface area (Å²) >= 11 is 0. The topological polar surface area (TPSA) is 0 Å². The molecule has 1 heteroatoms. The molecule has 0 saturated carbocycles. The molecule has 0 N–H and O–H groups in total. The van der Waals surface area contributed by atoms with Gasteiger partial charge in [0.1, 0.15) is 0 Å². The molecular formula is C8H16Si. The van der Waals surface area contributed by atoms with E-state index in [2.05, 4.69) is 19.7 Å². The van der Waals surface area contributed by atoms with Gasteiger partial charge in [0.05, 0.1) is 0 Å². The molecule has 0 radical (unpaired) electrons. The van der Waals surface area contributed by atoms with Crippen LogP contribution in [0.2, 0.25) is 25.2 Å². The Morgan fingerprint density at radius 3 is 2.00 bits per heavy atom. The van der Waals surface area contributed by atoms with E-state index in [1.165, 1.54) is 30.5 Å². The molecule has 52 valence electrons. The number of hydrogen-bond acceptors (Lipinski definition) is 0. The smallest absolute Gasteiger partial charge is 0.0480 e. The minimum Gasteiger partial charge on any atom is -0.0999 e. The predicted molar refractivity (Wildman–Crippen MR) is 45.5 cm³/mol. The van der Waals surface area contributed by atoms with Gasteiger partial charge in [0, 0.05) is 8.07 Å². The van der Waals surface area contributed by atoms with Gasteiger partial charge < -0.3 is 0 Å².